The zero-order valence-corrected chi connectivity index (χ0v) is 18.0. The number of carbonyl (C=O) groups excluding carboxylic acids is 2. The van der Waals surface area contributed by atoms with Crippen LogP contribution in [0, 0.1) is 5.82 Å². The third-order valence-electron chi connectivity index (χ3n) is 5.28. The van der Waals surface area contributed by atoms with Crippen molar-refractivity contribution in [1.82, 2.24) is 0 Å². The Bertz CT molecular complexity index is 1290. The molecule has 8 heteroatoms. The molecular formula is C24H20FNO5S. The molecule has 0 fully saturated rings. The molecule has 0 saturated heterocycles. The van der Waals surface area contributed by atoms with Gasteiger partial charge in [0.25, 0.3) is 10.0 Å². The maximum absolute atomic E-state index is 13.2. The second-order valence-corrected chi connectivity index (χ2v) is 9.26. The van der Waals surface area contributed by atoms with Crippen LogP contribution in [0.15, 0.2) is 77.7 Å². The highest BCUT2D eigenvalue weighted by atomic mass is 32.2. The molecule has 3 aromatic carbocycles. The minimum atomic E-state index is -3.88. The first-order chi connectivity index (χ1) is 15.3. The van der Waals surface area contributed by atoms with E-state index < -0.39 is 33.7 Å². The lowest BCUT2D eigenvalue weighted by molar-refractivity contribution is 0.0318. The third-order valence-corrected chi connectivity index (χ3v) is 7.09. The van der Waals surface area contributed by atoms with E-state index in [-0.39, 0.29) is 16.0 Å². The van der Waals surface area contributed by atoms with Gasteiger partial charge >= 0.3 is 5.97 Å². The predicted molar refractivity (Wildman–Crippen MR) is 117 cm³/mol. The predicted octanol–water partition coefficient (Wildman–Crippen LogP) is 4.01. The number of esters is 1. The number of Topliss-reactive ketones (excluding diaryl/α,β-unsaturated/α-hetero) is 1. The van der Waals surface area contributed by atoms with E-state index in [1.807, 2.05) is 12.1 Å². The standard InChI is InChI=1S/C24H20FNO5S/c1-16(23(27)18-9-11-20(25)12-10-18)31-24(28)19-6-4-7-21(15-19)32(29,30)26-14-13-17-5-2-3-8-22(17)26/h2-12,15-16H,13-14H2,1H3. The number of sulfonamides is 1. The number of nitrogens with zero attached hydrogens (tertiary/aromatic N) is 1. The molecule has 4 rings (SSSR count). The van der Waals surface area contributed by atoms with Gasteiger partial charge in [0, 0.05) is 12.1 Å². The van der Waals surface area contributed by atoms with Crippen LogP contribution in [0.1, 0.15) is 33.2 Å². The van der Waals surface area contributed by atoms with Gasteiger partial charge in [0.2, 0.25) is 5.78 Å². The van der Waals surface area contributed by atoms with Crippen molar-refractivity contribution in [2.75, 3.05) is 10.8 Å². The van der Waals surface area contributed by atoms with Crippen LogP contribution in [0.3, 0.4) is 0 Å². The van der Waals surface area contributed by atoms with Gasteiger partial charge in [-0.05, 0) is 67.4 Å². The monoisotopic (exact) mass is 453 g/mol. The summed E-state index contributed by atoms with van der Waals surface area (Å²) in [4.78, 5) is 25.0. The summed E-state index contributed by atoms with van der Waals surface area (Å²) in [5, 5.41) is 0. The summed E-state index contributed by atoms with van der Waals surface area (Å²) in [7, 11) is -3.88. The van der Waals surface area contributed by atoms with Gasteiger partial charge < -0.3 is 4.74 Å². The molecule has 1 aliphatic heterocycles. The number of hydrogen-bond acceptors (Lipinski definition) is 5. The quantitative estimate of drug-likeness (QED) is 0.416. The number of benzene rings is 3. The van der Waals surface area contributed by atoms with Crippen LogP contribution >= 0.6 is 0 Å². The molecule has 1 atom stereocenters. The topological polar surface area (TPSA) is 80.8 Å². The molecule has 0 aromatic heterocycles. The van der Waals surface area contributed by atoms with Gasteiger partial charge in [0.15, 0.2) is 6.10 Å². The number of halogens is 1. The number of ketones is 1. The SMILES string of the molecule is CC(OC(=O)c1cccc(S(=O)(=O)N2CCc3ccccc32)c1)C(=O)c1ccc(F)cc1. The number of ether oxygens (including phenoxy) is 1. The highest BCUT2D eigenvalue weighted by Gasteiger charge is 2.31. The Morgan fingerprint density at radius 2 is 1.69 bits per heavy atom. The third kappa shape index (κ3) is 4.13. The largest absolute Gasteiger partial charge is 0.451 e. The molecule has 1 heterocycles. The normalized spacial score (nSPS) is 14.0. The Kier molecular flexibility index (Phi) is 5.80. The van der Waals surface area contributed by atoms with E-state index in [9.17, 15) is 22.4 Å². The van der Waals surface area contributed by atoms with Crippen molar-refractivity contribution in [1.29, 1.82) is 0 Å². The minimum absolute atomic E-state index is 0.0114. The molecule has 164 valence electrons. The molecule has 1 aliphatic rings. The van der Waals surface area contributed by atoms with Crippen molar-refractivity contribution in [3.63, 3.8) is 0 Å². The molecule has 0 saturated carbocycles. The number of carbonyl (C=O) groups is 2. The molecule has 0 N–H and O–H groups in total. The van der Waals surface area contributed by atoms with Crippen molar-refractivity contribution in [2.24, 2.45) is 0 Å². The van der Waals surface area contributed by atoms with E-state index in [0.29, 0.717) is 18.7 Å². The average Bonchev–Trinajstić information content (AvgIpc) is 3.24. The van der Waals surface area contributed by atoms with E-state index in [1.54, 1.807) is 12.1 Å². The maximum Gasteiger partial charge on any atom is 0.338 e. The molecular weight excluding hydrogens is 433 g/mol. The Balaban J connectivity index is 1.53. The summed E-state index contributed by atoms with van der Waals surface area (Å²) in [5.41, 5.74) is 1.78. The molecule has 0 aliphatic carbocycles. The molecule has 0 bridgehead atoms. The summed E-state index contributed by atoms with van der Waals surface area (Å²) in [6.45, 7) is 1.73. The smallest absolute Gasteiger partial charge is 0.338 e. The Morgan fingerprint density at radius 1 is 0.969 bits per heavy atom. The fourth-order valence-corrected chi connectivity index (χ4v) is 5.15. The lowest BCUT2D eigenvalue weighted by Gasteiger charge is -2.20. The van der Waals surface area contributed by atoms with Crippen LogP contribution in [-0.4, -0.2) is 32.8 Å². The lowest BCUT2D eigenvalue weighted by atomic mass is 10.1. The van der Waals surface area contributed by atoms with E-state index in [1.165, 1.54) is 47.6 Å². The number of hydrogen-bond donors (Lipinski definition) is 0. The zero-order valence-electron chi connectivity index (χ0n) is 17.2. The molecule has 3 aromatic rings. The Labute approximate surface area is 185 Å². The van der Waals surface area contributed by atoms with Gasteiger partial charge in [-0.15, -0.1) is 0 Å². The van der Waals surface area contributed by atoms with Crippen LogP contribution in [0.5, 0.6) is 0 Å². The van der Waals surface area contributed by atoms with Gasteiger partial charge in [-0.2, -0.15) is 0 Å². The van der Waals surface area contributed by atoms with Gasteiger partial charge in [-0.1, -0.05) is 24.3 Å². The van der Waals surface area contributed by atoms with Gasteiger partial charge in [0.05, 0.1) is 16.1 Å². The number of rotatable bonds is 6. The van der Waals surface area contributed by atoms with Crippen LogP contribution in [0.2, 0.25) is 0 Å². The number of anilines is 1. The van der Waals surface area contributed by atoms with Crippen LogP contribution in [0.4, 0.5) is 10.1 Å². The Morgan fingerprint density at radius 3 is 2.44 bits per heavy atom. The van der Waals surface area contributed by atoms with Crippen LogP contribution in [0.25, 0.3) is 0 Å². The molecule has 1 unspecified atom stereocenters. The first kappa shape index (κ1) is 21.7. The average molecular weight is 453 g/mol. The fourth-order valence-electron chi connectivity index (χ4n) is 3.60. The molecule has 0 radical (unpaired) electrons. The van der Waals surface area contributed by atoms with Gasteiger partial charge in [0.1, 0.15) is 5.82 Å². The number of fused-ring (bicyclic) bond motifs is 1. The Hall–Kier alpha value is -3.52. The zero-order chi connectivity index (χ0) is 22.9. The highest BCUT2D eigenvalue weighted by Crippen LogP contribution is 2.32. The van der Waals surface area contributed by atoms with Crippen molar-refractivity contribution < 1.29 is 27.1 Å². The summed E-state index contributed by atoms with van der Waals surface area (Å²) < 4.78 is 46.0. The van der Waals surface area contributed by atoms with Crippen LogP contribution in [-0.2, 0) is 21.2 Å². The number of para-hydroxylation sites is 1. The summed E-state index contributed by atoms with van der Waals surface area (Å²) in [6.07, 6.45) is -0.515. The van der Waals surface area contributed by atoms with Gasteiger partial charge in [-0.25, -0.2) is 17.6 Å². The van der Waals surface area contributed by atoms with E-state index in [2.05, 4.69) is 0 Å². The lowest BCUT2D eigenvalue weighted by Crippen LogP contribution is -2.29. The highest BCUT2D eigenvalue weighted by molar-refractivity contribution is 7.92. The second kappa shape index (κ2) is 8.55. The summed E-state index contributed by atoms with van der Waals surface area (Å²) in [5.74, 6) is -1.80. The van der Waals surface area contributed by atoms with Gasteiger partial charge in [-0.3, -0.25) is 9.10 Å². The first-order valence-corrected chi connectivity index (χ1v) is 11.4. The fraction of sp³-hybridized carbons (Fsp3) is 0.167. The van der Waals surface area contributed by atoms with E-state index in [0.717, 1.165) is 17.7 Å². The van der Waals surface area contributed by atoms with E-state index in [4.69, 9.17) is 4.74 Å². The first-order valence-electron chi connectivity index (χ1n) is 9.99. The maximum atomic E-state index is 13.2. The van der Waals surface area contributed by atoms with Crippen molar-refractivity contribution >= 4 is 27.5 Å². The van der Waals surface area contributed by atoms with Crippen LogP contribution < -0.4 is 4.31 Å². The van der Waals surface area contributed by atoms with Crippen molar-refractivity contribution in [3.05, 3.63) is 95.3 Å². The van der Waals surface area contributed by atoms with Crippen molar-refractivity contribution in [3.8, 4) is 0 Å². The molecule has 32 heavy (non-hydrogen) atoms. The molecule has 0 spiro atoms. The summed E-state index contributed by atoms with van der Waals surface area (Å²) in [6, 6.07) is 17.7. The molecule has 0 amide bonds. The van der Waals surface area contributed by atoms with E-state index >= 15 is 0 Å². The van der Waals surface area contributed by atoms with Crippen molar-refractivity contribution in [2.45, 2.75) is 24.3 Å². The minimum Gasteiger partial charge on any atom is -0.451 e. The second-order valence-electron chi connectivity index (χ2n) is 7.40. The molecule has 6 nitrogen and oxygen atoms in total. The summed E-state index contributed by atoms with van der Waals surface area (Å²) >= 11 is 0.